The van der Waals surface area contributed by atoms with E-state index >= 15 is 0 Å². The Hall–Kier alpha value is -2.48. The fourth-order valence-electron chi connectivity index (χ4n) is 2.75. The summed E-state index contributed by atoms with van der Waals surface area (Å²) in [4.78, 5) is 31.0. The van der Waals surface area contributed by atoms with E-state index < -0.39 is 11.8 Å². The maximum Gasteiger partial charge on any atom is 0.337 e. The molecule has 6 nitrogen and oxygen atoms in total. The van der Waals surface area contributed by atoms with Gasteiger partial charge in [-0.05, 0) is 42.8 Å². The number of H-pyrrole nitrogens is 1. The lowest BCUT2D eigenvalue weighted by molar-refractivity contribution is 0.0601. The first-order valence-electron chi connectivity index (χ1n) is 8.29. The molecule has 2 aromatic carbocycles. The smallest absolute Gasteiger partial charge is 0.337 e. The molecule has 2 N–H and O–H groups in total. The lowest BCUT2D eigenvalue weighted by Crippen LogP contribution is -2.22. The minimum Gasteiger partial charge on any atom is -0.465 e. The summed E-state index contributed by atoms with van der Waals surface area (Å²) in [5.41, 5.74) is 0.858. The van der Waals surface area contributed by atoms with Gasteiger partial charge in [0.05, 0.1) is 35.1 Å². The van der Waals surface area contributed by atoms with Gasteiger partial charge in [-0.1, -0.05) is 23.2 Å². The minimum atomic E-state index is -0.567. The van der Waals surface area contributed by atoms with Crippen molar-refractivity contribution < 1.29 is 13.9 Å². The van der Waals surface area contributed by atoms with Gasteiger partial charge in [0.15, 0.2) is 0 Å². The highest BCUT2D eigenvalue weighted by atomic mass is 35.5. The summed E-state index contributed by atoms with van der Waals surface area (Å²) in [6.45, 7) is 1.98. The van der Waals surface area contributed by atoms with Crippen LogP contribution in [0.15, 0.2) is 35.1 Å². The van der Waals surface area contributed by atoms with E-state index in [9.17, 15) is 14.0 Å². The molecular weight excluding hydrogens is 408 g/mol. The van der Waals surface area contributed by atoms with Crippen molar-refractivity contribution in [1.29, 1.82) is 0 Å². The predicted octanol–water partition coefficient (Wildman–Crippen LogP) is 4.01. The van der Waals surface area contributed by atoms with E-state index in [2.05, 4.69) is 20.0 Å². The van der Waals surface area contributed by atoms with E-state index in [0.717, 1.165) is 0 Å². The summed E-state index contributed by atoms with van der Waals surface area (Å²) in [6.07, 6.45) is 0. The SMILES string of the molecule is COC(=O)c1ccc2c(=O)[nH]c(CNC(C)c3cc(F)c(Cl)cc3Cl)nc2c1. The van der Waals surface area contributed by atoms with Crippen molar-refractivity contribution in [3.05, 3.63) is 73.5 Å². The zero-order valence-electron chi connectivity index (χ0n) is 15.0. The highest BCUT2D eigenvalue weighted by Gasteiger charge is 2.14. The molecule has 1 unspecified atom stereocenters. The molecule has 0 aliphatic carbocycles. The number of benzene rings is 2. The lowest BCUT2D eigenvalue weighted by atomic mass is 10.1. The standard InChI is InChI=1S/C19H16Cl2FN3O3/c1-9(12-6-15(22)14(21)7-13(12)20)23-8-17-24-16-5-10(19(27)28-2)3-4-11(16)18(26)25-17/h3-7,9,23H,8H2,1-2H3,(H,24,25,26). The highest BCUT2D eigenvalue weighted by Crippen LogP contribution is 2.28. The Kier molecular flexibility index (Phi) is 5.98. The zero-order chi connectivity index (χ0) is 20.4. The second kappa shape index (κ2) is 8.26. The molecule has 0 saturated carbocycles. The number of methoxy groups -OCH3 is 1. The molecule has 0 bridgehead atoms. The number of esters is 1. The summed E-state index contributed by atoms with van der Waals surface area (Å²) < 4.78 is 18.4. The van der Waals surface area contributed by atoms with Crippen molar-refractivity contribution in [2.45, 2.75) is 19.5 Å². The fraction of sp³-hybridized carbons (Fsp3) is 0.211. The second-order valence-corrected chi connectivity index (χ2v) is 6.94. The molecule has 0 aliphatic rings. The van der Waals surface area contributed by atoms with E-state index in [1.165, 1.54) is 37.4 Å². The Morgan fingerprint density at radius 3 is 2.75 bits per heavy atom. The number of nitrogens with one attached hydrogen (secondary N) is 2. The molecule has 0 fully saturated rings. The van der Waals surface area contributed by atoms with Crippen molar-refractivity contribution in [3.63, 3.8) is 0 Å². The predicted molar refractivity (Wildman–Crippen MR) is 105 cm³/mol. The van der Waals surface area contributed by atoms with E-state index in [4.69, 9.17) is 23.2 Å². The summed E-state index contributed by atoms with van der Waals surface area (Å²) in [7, 11) is 1.28. The molecule has 0 radical (unpaired) electrons. The quantitative estimate of drug-likeness (QED) is 0.478. The average molecular weight is 424 g/mol. The van der Waals surface area contributed by atoms with Gasteiger partial charge in [0, 0.05) is 11.1 Å². The number of aromatic amines is 1. The number of hydrogen-bond acceptors (Lipinski definition) is 5. The van der Waals surface area contributed by atoms with Crippen molar-refractivity contribution >= 4 is 40.1 Å². The van der Waals surface area contributed by atoms with Gasteiger partial charge in [0.1, 0.15) is 11.6 Å². The average Bonchev–Trinajstić information content (AvgIpc) is 2.67. The number of rotatable bonds is 5. The Balaban J connectivity index is 1.85. The van der Waals surface area contributed by atoms with Crippen LogP contribution in [0.2, 0.25) is 10.0 Å². The summed E-state index contributed by atoms with van der Waals surface area (Å²) >= 11 is 11.9. The monoisotopic (exact) mass is 423 g/mol. The Morgan fingerprint density at radius 2 is 2.04 bits per heavy atom. The maximum absolute atomic E-state index is 13.7. The van der Waals surface area contributed by atoms with Crippen LogP contribution >= 0.6 is 23.2 Å². The van der Waals surface area contributed by atoms with Gasteiger partial charge in [-0.3, -0.25) is 4.79 Å². The van der Waals surface area contributed by atoms with E-state index in [1.54, 1.807) is 6.92 Å². The first-order chi connectivity index (χ1) is 13.3. The van der Waals surface area contributed by atoms with Crippen LogP contribution < -0.4 is 10.9 Å². The molecule has 3 rings (SSSR count). The molecule has 1 aromatic heterocycles. The molecule has 1 heterocycles. The van der Waals surface area contributed by atoms with Crippen LogP contribution in [-0.2, 0) is 11.3 Å². The Morgan fingerprint density at radius 1 is 1.29 bits per heavy atom. The summed E-state index contributed by atoms with van der Waals surface area (Å²) in [6, 6.07) is 6.79. The van der Waals surface area contributed by atoms with Crippen LogP contribution in [0, 0.1) is 5.82 Å². The molecule has 28 heavy (non-hydrogen) atoms. The van der Waals surface area contributed by atoms with Crippen molar-refractivity contribution in [1.82, 2.24) is 15.3 Å². The molecule has 0 spiro atoms. The lowest BCUT2D eigenvalue weighted by Gasteiger charge is -2.16. The molecule has 0 amide bonds. The van der Waals surface area contributed by atoms with Crippen LogP contribution in [0.5, 0.6) is 0 Å². The number of carbonyl (C=O) groups excluding carboxylic acids is 1. The van der Waals surface area contributed by atoms with Crippen LogP contribution in [0.3, 0.4) is 0 Å². The number of halogens is 3. The molecule has 146 valence electrons. The Labute approximate surface area is 169 Å². The van der Waals surface area contributed by atoms with Gasteiger partial charge >= 0.3 is 5.97 Å². The number of hydrogen-bond donors (Lipinski definition) is 2. The summed E-state index contributed by atoms with van der Waals surface area (Å²) in [5, 5.41) is 3.75. The fourth-order valence-corrected chi connectivity index (χ4v) is 3.29. The topological polar surface area (TPSA) is 84.1 Å². The number of ether oxygens (including phenoxy) is 1. The van der Waals surface area contributed by atoms with Gasteiger partial charge < -0.3 is 15.0 Å². The first-order valence-corrected chi connectivity index (χ1v) is 9.05. The molecule has 1 atom stereocenters. The molecule has 9 heteroatoms. The van der Waals surface area contributed by atoms with Crippen LogP contribution in [0.1, 0.15) is 34.7 Å². The Bertz CT molecular complexity index is 1120. The minimum absolute atomic E-state index is 0.0529. The van der Waals surface area contributed by atoms with Gasteiger partial charge in [0.25, 0.3) is 5.56 Å². The number of nitrogens with zero attached hydrogens (tertiary/aromatic N) is 1. The van der Waals surface area contributed by atoms with E-state index in [1.807, 2.05) is 0 Å². The largest absolute Gasteiger partial charge is 0.465 e. The van der Waals surface area contributed by atoms with Crippen LogP contribution in [0.4, 0.5) is 4.39 Å². The van der Waals surface area contributed by atoms with Crippen molar-refractivity contribution in [2.24, 2.45) is 0 Å². The zero-order valence-corrected chi connectivity index (χ0v) is 16.5. The normalized spacial score (nSPS) is 12.2. The molecule has 0 aliphatic heterocycles. The number of carbonyl (C=O) groups is 1. The van der Waals surface area contributed by atoms with Crippen molar-refractivity contribution in [3.8, 4) is 0 Å². The third-order valence-electron chi connectivity index (χ3n) is 4.26. The third-order valence-corrected chi connectivity index (χ3v) is 4.88. The van der Waals surface area contributed by atoms with Crippen LogP contribution in [0.25, 0.3) is 10.9 Å². The van der Waals surface area contributed by atoms with E-state index in [0.29, 0.717) is 32.9 Å². The van der Waals surface area contributed by atoms with Gasteiger partial charge in [-0.15, -0.1) is 0 Å². The van der Waals surface area contributed by atoms with Crippen molar-refractivity contribution in [2.75, 3.05) is 7.11 Å². The summed E-state index contributed by atoms with van der Waals surface area (Å²) in [5.74, 6) is -0.726. The number of aromatic nitrogens is 2. The number of fused-ring (bicyclic) bond motifs is 1. The molecular formula is C19H16Cl2FN3O3. The van der Waals surface area contributed by atoms with Gasteiger partial charge in [0.2, 0.25) is 0 Å². The molecule has 0 saturated heterocycles. The maximum atomic E-state index is 13.7. The van der Waals surface area contributed by atoms with Gasteiger partial charge in [-0.2, -0.15) is 0 Å². The first kappa shape index (κ1) is 20.3. The highest BCUT2D eigenvalue weighted by molar-refractivity contribution is 6.35. The molecule has 3 aromatic rings. The second-order valence-electron chi connectivity index (χ2n) is 6.13. The van der Waals surface area contributed by atoms with E-state index in [-0.39, 0.29) is 23.2 Å². The third kappa shape index (κ3) is 4.16. The van der Waals surface area contributed by atoms with Crippen LogP contribution in [-0.4, -0.2) is 23.0 Å². The van der Waals surface area contributed by atoms with Gasteiger partial charge in [-0.25, -0.2) is 14.2 Å².